The van der Waals surface area contributed by atoms with Gasteiger partial charge < -0.3 is 9.80 Å². The van der Waals surface area contributed by atoms with Crippen LogP contribution in [0, 0.1) is 0 Å². The summed E-state index contributed by atoms with van der Waals surface area (Å²) in [5.41, 5.74) is 0.823. The summed E-state index contributed by atoms with van der Waals surface area (Å²) in [5, 5.41) is 0. The maximum Gasteiger partial charge on any atom is 0.229 e. The highest BCUT2D eigenvalue weighted by Gasteiger charge is 2.41. The number of carbonyl (C=O) groups is 2. The summed E-state index contributed by atoms with van der Waals surface area (Å²) in [6.45, 7) is 2.18. The predicted octanol–water partition coefficient (Wildman–Crippen LogP) is 1.20. The van der Waals surface area contributed by atoms with Crippen molar-refractivity contribution < 1.29 is 9.59 Å². The zero-order chi connectivity index (χ0) is 13.4. The van der Waals surface area contributed by atoms with E-state index in [1.165, 1.54) is 0 Å². The molecule has 2 bridgehead atoms. The number of pyridine rings is 1. The van der Waals surface area contributed by atoms with Crippen LogP contribution in [0.1, 0.15) is 26.2 Å². The quantitative estimate of drug-likeness (QED) is 0.761. The first-order chi connectivity index (χ1) is 9.16. The van der Waals surface area contributed by atoms with Gasteiger partial charge in [-0.1, -0.05) is 0 Å². The van der Waals surface area contributed by atoms with Crippen molar-refractivity contribution in [3.8, 4) is 0 Å². The lowest BCUT2D eigenvalue weighted by molar-refractivity contribution is -0.131. The molecule has 3 rings (SSSR count). The van der Waals surface area contributed by atoms with Gasteiger partial charge in [0.25, 0.3) is 0 Å². The summed E-state index contributed by atoms with van der Waals surface area (Å²) in [6.07, 6.45) is 5.74. The van der Waals surface area contributed by atoms with Gasteiger partial charge in [-0.25, -0.2) is 0 Å². The van der Waals surface area contributed by atoms with Crippen LogP contribution in [0.3, 0.4) is 0 Å². The van der Waals surface area contributed by atoms with E-state index in [1.807, 2.05) is 17.0 Å². The van der Waals surface area contributed by atoms with Crippen LogP contribution in [0.2, 0.25) is 0 Å². The van der Waals surface area contributed by atoms with Gasteiger partial charge in [0.2, 0.25) is 11.8 Å². The van der Waals surface area contributed by atoms with Gasteiger partial charge >= 0.3 is 0 Å². The Morgan fingerprint density at radius 1 is 1.37 bits per heavy atom. The molecular formula is C14H17N3O2. The Bertz CT molecular complexity index is 503. The van der Waals surface area contributed by atoms with Crippen molar-refractivity contribution >= 4 is 17.5 Å². The molecule has 1 aromatic rings. The molecule has 5 heteroatoms. The van der Waals surface area contributed by atoms with E-state index in [2.05, 4.69) is 4.98 Å². The predicted molar refractivity (Wildman–Crippen MR) is 70.5 cm³/mol. The van der Waals surface area contributed by atoms with Crippen molar-refractivity contribution in [2.75, 3.05) is 11.4 Å². The molecule has 0 unspecified atom stereocenters. The maximum atomic E-state index is 12.3. The normalized spacial score (nSPS) is 26.5. The SMILES string of the molecule is CC(=O)N1[C@@H]2CC[C@H]1CN(c1cccnc1)C(=O)C2. The lowest BCUT2D eigenvalue weighted by Crippen LogP contribution is -2.42. The summed E-state index contributed by atoms with van der Waals surface area (Å²) in [4.78, 5) is 31.8. The fraction of sp³-hybridized carbons (Fsp3) is 0.500. The number of hydrogen-bond donors (Lipinski definition) is 0. The lowest BCUT2D eigenvalue weighted by atomic mass is 10.1. The largest absolute Gasteiger partial charge is 0.335 e. The molecule has 1 aromatic heterocycles. The molecule has 2 aliphatic heterocycles. The van der Waals surface area contributed by atoms with Gasteiger partial charge in [-0.15, -0.1) is 0 Å². The summed E-state index contributed by atoms with van der Waals surface area (Å²) < 4.78 is 0. The molecule has 2 fully saturated rings. The van der Waals surface area contributed by atoms with Crippen LogP contribution in [-0.2, 0) is 9.59 Å². The zero-order valence-corrected chi connectivity index (χ0v) is 11.0. The average Bonchev–Trinajstić information content (AvgIpc) is 2.71. The van der Waals surface area contributed by atoms with Crippen molar-refractivity contribution in [2.24, 2.45) is 0 Å². The molecule has 19 heavy (non-hydrogen) atoms. The van der Waals surface area contributed by atoms with Crippen molar-refractivity contribution in [2.45, 2.75) is 38.3 Å². The van der Waals surface area contributed by atoms with Gasteiger partial charge in [0, 0.05) is 32.1 Å². The van der Waals surface area contributed by atoms with E-state index >= 15 is 0 Å². The Morgan fingerprint density at radius 2 is 2.16 bits per heavy atom. The fourth-order valence-electron chi connectivity index (χ4n) is 3.24. The van der Waals surface area contributed by atoms with Crippen LogP contribution in [0.5, 0.6) is 0 Å². The molecule has 2 amide bonds. The van der Waals surface area contributed by atoms with Gasteiger partial charge in [-0.3, -0.25) is 14.6 Å². The molecule has 2 saturated heterocycles. The number of rotatable bonds is 1. The molecule has 3 heterocycles. The Labute approximate surface area is 112 Å². The molecular weight excluding hydrogens is 242 g/mol. The standard InChI is InChI=1S/C14H17N3O2/c1-10(18)17-11-4-5-13(17)9-16(14(19)7-11)12-3-2-6-15-8-12/h2-3,6,8,11,13H,4-5,7,9H2,1H3/t11-,13+/m1/s1. The number of nitrogens with zero attached hydrogens (tertiary/aromatic N) is 3. The second-order valence-electron chi connectivity index (χ2n) is 5.23. The van der Waals surface area contributed by atoms with E-state index in [-0.39, 0.29) is 23.9 Å². The number of aromatic nitrogens is 1. The van der Waals surface area contributed by atoms with Gasteiger partial charge in [-0.2, -0.15) is 0 Å². The van der Waals surface area contributed by atoms with Crippen molar-refractivity contribution in [3.05, 3.63) is 24.5 Å². The van der Waals surface area contributed by atoms with Crippen LogP contribution in [0.4, 0.5) is 5.69 Å². The smallest absolute Gasteiger partial charge is 0.229 e. The first-order valence-corrected chi connectivity index (χ1v) is 6.66. The number of fused-ring (bicyclic) bond motifs is 2. The first-order valence-electron chi connectivity index (χ1n) is 6.66. The third-order valence-electron chi connectivity index (χ3n) is 4.05. The summed E-state index contributed by atoms with van der Waals surface area (Å²) in [7, 11) is 0. The molecule has 0 radical (unpaired) electrons. The summed E-state index contributed by atoms with van der Waals surface area (Å²) >= 11 is 0. The average molecular weight is 259 g/mol. The van der Waals surface area contributed by atoms with Crippen LogP contribution in [0.15, 0.2) is 24.5 Å². The third-order valence-corrected chi connectivity index (χ3v) is 4.05. The molecule has 2 aliphatic rings. The monoisotopic (exact) mass is 259 g/mol. The van der Waals surface area contributed by atoms with E-state index in [4.69, 9.17) is 0 Å². The molecule has 0 saturated carbocycles. The van der Waals surface area contributed by atoms with Crippen LogP contribution in [-0.4, -0.2) is 40.3 Å². The van der Waals surface area contributed by atoms with Crippen LogP contribution in [0.25, 0.3) is 0 Å². The summed E-state index contributed by atoms with van der Waals surface area (Å²) in [5.74, 6) is 0.166. The number of hydrogen-bond acceptors (Lipinski definition) is 3. The Balaban J connectivity index is 1.90. The molecule has 0 aliphatic carbocycles. The zero-order valence-electron chi connectivity index (χ0n) is 11.0. The van der Waals surface area contributed by atoms with Crippen molar-refractivity contribution in [1.29, 1.82) is 0 Å². The number of anilines is 1. The van der Waals surface area contributed by atoms with E-state index in [9.17, 15) is 9.59 Å². The Hall–Kier alpha value is -1.91. The van der Waals surface area contributed by atoms with Crippen LogP contribution < -0.4 is 4.90 Å². The number of carbonyl (C=O) groups excluding carboxylic acids is 2. The molecule has 0 aromatic carbocycles. The molecule has 0 spiro atoms. The highest BCUT2D eigenvalue weighted by atomic mass is 16.2. The van der Waals surface area contributed by atoms with Crippen LogP contribution >= 0.6 is 0 Å². The fourth-order valence-corrected chi connectivity index (χ4v) is 3.24. The third kappa shape index (κ3) is 2.09. The second kappa shape index (κ2) is 4.64. The van der Waals surface area contributed by atoms with Gasteiger partial charge in [0.1, 0.15) is 0 Å². The molecule has 100 valence electrons. The van der Waals surface area contributed by atoms with E-state index < -0.39 is 0 Å². The summed E-state index contributed by atoms with van der Waals surface area (Å²) in [6, 6.07) is 3.95. The minimum atomic E-state index is 0.0772. The van der Waals surface area contributed by atoms with E-state index in [1.54, 1.807) is 24.2 Å². The minimum Gasteiger partial charge on any atom is -0.335 e. The van der Waals surface area contributed by atoms with E-state index in [0.29, 0.717) is 13.0 Å². The molecule has 0 N–H and O–H groups in total. The molecule has 2 atom stereocenters. The lowest BCUT2D eigenvalue weighted by Gasteiger charge is -2.27. The second-order valence-corrected chi connectivity index (χ2v) is 5.23. The van der Waals surface area contributed by atoms with Gasteiger partial charge in [-0.05, 0) is 25.0 Å². The topological polar surface area (TPSA) is 53.5 Å². The molecule has 5 nitrogen and oxygen atoms in total. The van der Waals surface area contributed by atoms with Gasteiger partial charge in [0.15, 0.2) is 0 Å². The number of amides is 2. The van der Waals surface area contributed by atoms with E-state index in [0.717, 1.165) is 18.5 Å². The maximum absolute atomic E-state index is 12.3. The Kier molecular flexibility index (Phi) is 2.97. The van der Waals surface area contributed by atoms with Crippen molar-refractivity contribution in [3.63, 3.8) is 0 Å². The van der Waals surface area contributed by atoms with Gasteiger partial charge in [0.05, 0.1) is 17.9 Å². The highest BCUT2D eigenvalue weighted by Crippen LogP contribution is 2.32. The minimum absolute atomic E-state index is 0.0772. The first kappa shape index (κ1) is 12.1. The Morgan fingerprint density at radius 3 is 2.84 bits per heavy atom. The highest BCUT2D eigenvalue weighted by molar-refractivity contribution is 5.94. The van der Waals surface area contributed by atoms with Crippen molar-refractivity contribution in [1.82, 2.24) is 9.88 Å².